The van der Waals surface area contributed by atoms with Crippen LogP contribution in [0.1, 0.15) is 33.1 Å². The van der Waals surface area contributed by atoms with E-state index in [-0.39, 0.29) is 23.9 Å². The van der Waals surface area contributed by atoms with Crippen molar-refractivity contribution < 1.29 is 14.3 Å². The summed E-state index contributed by atoms with van der Waals surface area (Å²) >= 11 is 0. The number of pyridine rings is 1. The lowest BCUT2D eigenvalue weighted by Crippen LogP contribution is -2.50. The van der Waals surface area contributed by atoms with Gasteiger partial charge in [-0.1, -0.05) is 19.9 Å². The molecule has 0 unspecified atom stereocenters. The number of rotatable bonds is 4. The Labute approximate surface area is 159 Å². The van der Waals surface area contributed by atoms with Gasteiger partial charge in [0.1, 0.15) is 6.54 Å². The van der Waals surface area contributed by atoms with Gasteiger partial charge in [0.25, 0.3) is 5.56 Å². The van der Waals surface area contributed by atoms with Crippen LogP contribution in [0.5, 0.6) is 0 Å². The Morgan fingerprint density at radius 3 is 2.59 bits per heavy atom. The lowest BCUT2D eigenvalue weighted by molar-refractivity contribution is -0.141. The van der Waals surface area contributed by atoms with Crippen molar-refractivity contribution in [3.63, 3.8) is 0 Å². The van der Waals surface area contributed by atoms with Crippen LogP contribution in [0.15, 0.2) is 29.2 Å². The van der Waals surface area contributed by atoms with Gasteiger partial charge in [-0.15, -0.1) is 0 Å². The zero-order chi connectivity index (χ0) is 19.4. The van der Waals surface area contributed by atoms with Gasteiger partial charge in [-0.2, -0.15) is 0 Å². The zero-order valence-corrected chi connectivity index (χ0v) is 16.2. The number of hydrogen-bond donors (Lipinski definition) is 0. The second-order valence-electron chi connectivity index (χ2n) is 7.99. The van der Waals surface area contributed by atoms with Crippen molar-refractivity contribution in [2.75, 3.05) is 32.8 Å². The third kappa shape index (κ3) is 4.77. The average molecular weight is 375 g/mol. The number of amides is 2. The third-order valence-electron chi connectivity index (χ3n) is 5.41. The molecule has 0 bridgehead atoms. The summed E-state index contributed by atoms with van der Waals surface area (Å²) in [5.74, 6) is 0.514. The van der Waals surface area contributed by atoms with Gasteiger partial charge in [0.05, 0.1) is 18.6 Å². The van der Waals surface area contributed by atoms with Gasteiger partial charge in [0, 0.05) is 38.4 Å². The Kier molecular flexibility index (Phi) is 5.99. The van der Waals surface area contributed by atoms with Crippen LogP contribution in [0.2, 0.25) is 0 Å². The third-order valence-corrected chi connectivity index (χ3v) is 5.41. The highest BCUT2D eigenvalue weighted by molar-refractivity contribution is 5.78. The molecule has 2 aliphatic heterocycles. The minimum absolute atomic E-state index is 0.0502. The van der Waals surface area contributed by atoms with Crippen molar-refractivity contribution in [1.29, 1.82) is 0 Å². The fraction of sp³-hybridized carbons (Fsp3) is 0.650. The van der Waals surface area contributed by atoms with E-state index in [9.17, 15) is 14.4 Å². The van der Waals surface area contributed by atoms with E-state index in [1.165, 1.54) is 10.6 Å². The number of carbonyl (C=O) groups is 2. The molecule has 1 spiro atoms. The smallest absolute Gasteiger partial charge is 0.250 e. The molecular formula is C20H29N3O4. The Morgan fingerprint density at radius 2 is 1.93 bits per heavy atom. The zero-order valence-electron chi connectivity index (χ0n) is 16.2. The fourth-order valence-electron chi connectivity index (χ4n) is 3.89. The van der Waals surface area contributed by atoms with Crippen LogP contribution in [0.25, 0.3) is 0 Å². The van der Waals surface area contributed by atoms with Crippen LogP contribution in [0.4, 0.5) is 0 Å². The molecule has 0 radical (unpaired) electrons. The van der Waals surface area contributed by atoms with Crippen LogP contribution in [0.3, 0.4) is 0 Å². The minimum Gasteiger partial charge on any atom is -0.372 e. The fourth-order valence-corrected chi connectivity index (χ4v) is 3.89. The number of piperidine rings is 1. The van der Waals surface area contributed by atoms with Crippen LogP contribution in [0, 0.1) is 5.92 Å². The highest BCUT2D eigenvalue weighted by Gasteiger charge is 2.41. The molecular weight excluding hydrogens is 346 g/mol. The van der Waals surface area contributed by atoms with Crippen LogP contribution < -0.4 is 5.56 Å². The first-order valence-corrected chi connectivity index (χ1v) is 9.73. The minimum atomic E-state index is -0.455. The maximum Gasteiger partial charge on any atom is 0.250 e. The Bertz CT molecular complexity index is 735. The van der Waals surface area contributed by atoms with Crippen LogP contribution in [-0.2, 0) is 20.9 Å². The first-order valence-electron chi connectivity index (χ1n) is 9.73. The van der Waals surface area contributed by atoms with Gasteiger partial charge in [-0.05, 0) is 24.8 Å². The largest absolute Gasteiger partial charge is 0.372 e. The number of nitrogens with zero attached hydrogens (tertiary/aromatic N) is 3. The van der Waals surface area contributed by atoms with Crippen molar-refractivity contribution in [2.45, 2.75) is 45.3 Å². The summed E-state index contributed by atoms with van der Waals surface area (Å²) in [5.41, 5.74) is -0.634. The van der Waals surface area contributed by atoms with Gasteiger partial charge < -0.3 is 19.1 Å². The van der Waals surface area contributed by atoms with Gasteiger partial charge in [-0.3, -0.25) is 14.4 Å². The summed E-state index contributed by atoms with van der Waals surface area (Å²) in [4.78, 5) is 40.7. The normalized spacial score (nSPS) is 20.2. The topological polar surface area (TPSA) is 71.8 Å². The van der Waals surface area contributed by atoms with E-state index >= 15 is 0 Å². The lowest BCUT2D eigenvalue weighted by Gasteiger charge is -2.40. The molecule has 2 aliphatic rings. The second kappa shape index (κ2) is 8.25. The first-order chi connectivity index (χ1) is 12.9. The number of carbonyl (C=O) groups excluding carboxylic acids is 2. The summed E-state index contributed by atoms with van der Waals surface area (Å²) in [6, 6.07) is 4.86. The van der Waals surface area contributed by atoms with E-state index in [0.717, 1.165) is 6.54 Å². The molecule has 7 heteroatoms. The van der Waals surface area contributed by atoms with Gasteiger partial charge >= 0.3 is 0 Å². The van der Waals surface area contributed by atoms with E-state index in [1.54, 1.807) is 23.2 Å². The molecule has 0 N–H and O–H groups in total. The maximum absolute atomic E-state index is 12.6. The quantitative estimate of drug-likeness (QED) is 0.791. The van der Waals surface area contributed by atoms with E-state index in [0.29, 0.717) is 51.4 Å². The molecule has 0 aromatic carbocycles. The summed E-state index contributed by atoms with van der Waals surface area (Å²) in [6.07, 6.45) is 3.33. The van der Waals surface area contributed by atoms with Gasteiger partial charge in [-0.25, -0.2) is 0 Å². The molecule has 2 fully saturated rings. The predicted molar refractivity (Wildman–Crippen MR) is 101 cm³/mol. The molecule has 148 valence electrons. The van der Waals surface area contributed by atoms with Crippen molar-refractivity contribution in [1.82, 2.24) is 14.4 Å². The first kappa shape index (κ1) is 19.6. The molecule has 1 aromatic rings. The van der Waals surface area contributed by atoms with E-state index in [2.05, 4.69) is 13.8 Å². The molecule has 7 nitrogen and oxygen atoms in total. The van der Waals surface area contributed by atoms with E-state index in [4.69, 9.17) is 4.74 Å². The van der Waals surface area contributed by atoms with Gasteiger partial charge in [0.15, 0.2) is 0 Å². The molecule has 1 aromatic heterocycles. The summed E-state index contributed by atoms with van der Waals surface area (Å²) in [6.45, 7) is 7.32. The van der Waals surface area contributed by atoms with Crippen molar-refractivity contribution in [3.05, 3.63) is 34.7 Å². The Balaban J connectivity index is 1.58. The monoisotopic (exact) mass is 375 g/mol. The van der Waals surface area contributed by atoms with Crippen LogP contribution >= 0.6 is 0 Å². The van der Waals surface area contributed by atoms with Crippen LogP contribution in [-0.4, -0.2) is 64.6 Å². The average Bonchev–Trinajstić information content (AvgIpc) is 2.76. The molecule has 0 saturated carbocycles. The summed E-state index contributed by atoms with van der Waals surface area (Å²) in [5, 5.41) is 0. The maximum atomic E-state index is 12.6. The van der Waals surface area contributed by atoms with Crippen molar-refractivity contribution >= 4 is 11.8 Å². The molecule has 0 atom stereocenters. The lowest BCUT2D eigenvalue weighted by atomic mass is 9.87. The number of hydrogen-bond acceptors (Lipinski definition) is 4. The molecule has 3 heterocycles. The Morgan fingerprint density at radius 1 is 1.19 bits per heavy atom. The van der Waals surface area contributed by atoms with E-state index in [1.807, 2.05) is 4.90 Å². The molecule has 0 aliphatic carbocycles. The predicted octanol–water partition coefficient (Wildman–Crippen LogP) is 1.11. The van der Waals surface area contributed by atoms with Crippen molar-refractivity contribution in [2.24, 2.45) is 5.92 Å². The SMILES string of the molecule is CC(C)CN1CCOC2(CCN(C(=O)Cn3ccccc3=O)CC2)CC1=O. The molecule has 2 amide bonds. The van der Waals surface area contributed by atoms with Crippen molar-refractivity contribution in [3.8, 4) is 0 Å². The molecule has 2 saturated heterocycles. The molecule has 27 heavy (non-hydrogen) atoms. The number of likely N-dealkylation sites (tertiary alicyclic amines) is 1. The Hall–Kier alpha value is -2.15. The number of ether oxygens (including phenoxy) is 1. The number of aromatic nitrogens is 1. The highest BCUT2D eigenvalue weighted by atomic mass is 16.5. The summed E-state index contributed by atoms with van der Waals surface area (Å²) < 4.78 is 7.54. The van der Waals surface area contributed by atoms with Gasteiger partial charge in [0.2, 0.25) is 11.8 Å². The standard InChI is InChI=1S/C20H29N3O4/c1-16(2)14-23-11-12-27-20(13-18(23)25)6-9-21(10-7-20)19(26)15-22-8-4-3-5-17(22)24/h3-5,8,16H,6-7,9-15H2,1-2H3. The highest BCUT2D eigenvalue weighted by Crippen LogP contribution is 2.32. The summed E-state index contributed by atoms with van der Waals surface area (Å²) in [7, 11) is 0. The molecule has 3 rings (SSSR count). The second-order valence-corrected chi connectivity index (χ2v) is 7.99. The van der Waals surface area contributed by atoms with E-state index < -0.39 is 5.60 Å².